The van der Waals surface area contributed by atoms with Gasteiger partial charge in [0.05, 0.1) is 18.8 Å². The van der Waals surface area contributed by atoms with Crippen LogP contribution in [0.15, 0.2) is 0 Å². The van der Waals surface area contributed by atoms with Crippen molar-refractivity contribution in [3.05, 3.63) is 0 Å². The van der Waals surface area contributed by atoms with Crippen molar-refractivity contribution in [3.63, 3.8) is 0 Å². The molecule has 20 heavy (non-hydrogen) atoms. The van der Waals surface area contributed by atoms with Gasteiger partial charge in [0.1, 0.15) is 0 Å². The molecule has 0 aromatic carbocycles. The highest BCUT2D eigenvalue weighted by Gasteiger charge is 2.37. The number of amides is 1. The molecule has 2 rings (SSSR count). The van der Waals surface area contributed by atoms with Gasteiger partial charge in [-0.25, -0.2) is 0 Å². The Hall–Kier alpha value is -0.0700. The Balaban J connectivity index is 0.00000180. The summed E-state index contributed by atoms with van der Waals surface area (Å²) in [6.07, 6.45) is 3.79. The molecular weight excluding hydrogens is 301 g/mol. The number of hydrogen-bond donors (Lipinski definition) is 2. The van der Waals surface area contributed by atoms with Gasteiger partial charge in [-0.2, -0.15) is 0 Å². The van der Waals surface area contributed by atoms with Crippen LogP contribution in [0.25, 0.3) is 0 Å². The van der Waals surface area contributed by atoms with E-state index in [4.69, 9.17) is 10.5 Å². The van der Waals surface area contributed by atoms with E-state index in [2.05, 4.69) is 17.1 Å². The minimum atomic E-state index is -0.606. The fourth-order valence-electron chi connectivity index (χ4n) is 2.80. The normalized spacial score (nSPS) is 23.3. The van der Waals surface area contributed by atoms with Crippen LogP contribution in [-0.2, 0) is 9.53 Å². The van der Waals surface area contributed by atoms with E-state index in [1.54, 1.807) is 0 Å². The van der Waals surface area contributed by atoms with E-state index in [1.165, 1.54) is 0 Å². The van der Waals surface area contributed by atoms with Gasteiger partial charge >= 0.3 is 0 Å². The lowest BCUT2D eigenvalue weighted by Crippen LogP contribution is -2.55. The molecule has 0 radical (unpaired) electrons. The van der Waals surface area contributed by atoms with Crippen LogP contribution in [0.1, 0.15) is 32.6 Å². The summed E-state index contributed by atoms with van der Waals surface area (Å²) in [6.45, 7) is 6.30. The summed E-state index contributed by atoms with van der Waals surface area (Å²) < 4.78 is 5.32. The largest absolute Gasteiger partial charge is 0.379 e. The molecule has 1 amide bonds. The molecule has 5 nitrogen and oxygen atoms in total. The number of nitrogens with two attached hydrogens (primary N) is 1. The first-order valence-electron chi connectivity index (χ1n) is 7.01. The highest BCUT2D eigenvalue weighted by Crippen LogP contribution is 2.27. The molecule has 1 saturated carbocycles. The van der Waals surface area contributed by atoms with Gasteiger partial charge in [0.15, 0.2) is 0 Å². The molecule has 2 aliphatic rings. The monoisotopic (exact) mass is 327 g/mol. The molecule has 1 atom stereocenters. The summed E-state index contributed by atoms with van der Waals surface area (Å²) in [5, 5.41) is 3.02. The predicted octanol–water partition coefficient (Wildman–Crippen LogP) is 0.938. The Kier molecular flexibility index (Phi) is 9.02. The van der Waals surface area contributed by atoms with Crippen molar-refractivity contribution < 1.29 is 9.53 Å². The number of morpholine rings is 1. The maximum Gasteiger partial charge on any atom is 0.240 e. The van der Waals surface area contributed by atoms with E-state index in [9.17, 15) is 4.79 Å². The quantitative estimate of drug-likeness (QED) is 0.806. The van der Waals surface area contributed by atoms with Crippen molar-refractivity contribution in [2.75, 3.05) is 32.8 Å². The van der Waals surface area contributed by atoms with Gasteiger partial charge in [0.2, 0.25) is 5.91 Å². The van der Waals surface area contributed by atoms with Crippen molar-refractivity contribution in [2.24, 2.45) is 5.73 Å². The van der Waals surface area contributed by atoms with E-state index in [-0.39, 0.29) is 30.7 Å². The van der Waals surface area contributed by atoms with Crippen LogP contribution >= 0.6 is 24.8 Å². The van der Waals surface area contributed by atoms with Crippen LogP contribution in [0.4, 0.5) is 0 Å². The first kappa shape index (κ1) is 19.9. The Morgan fingerprint density at radius 3 is 2.40 bits per heavy atom. The highest BCUT2D eigenvalue weighted by atomic mass is 35.5. The van der Waals surface area contributed by atoms with Gasteiger partial charge in [-0.1, -0.05) is 12.8 Å². The number of hydrogen-bond acceptors (Lipinski definition) is 4. The second kappa shape index (κ2) is 9.05. The van der Waals surface area contributed by atoms with Crippen LogP contribution in [-0.4, -0.2) is 55.2 Å². The van der Waals surface area contributed by atoms with Crippen LogP contribution in [0.3, 0.4) is 0 Å². The lowest BCUT2D eigenvalue weighted by Gasteiger charge is -2.33. The number of ether oxygens (including phenoxy) is 1. The zero-order valence-corrected chi connectivity index (χ0v) is 13.7. The number of halogens is 2. The molecular formula is C13H27Cl2N3O2. The number of nitrogens with one attached hydrogen (secondary N) is 1. The standard InChI is InChI=1S/C13H25N3O2.2ClH/c1-11(16-6-8-18-9-7-16)10-15-12(17)13(14)4-2-3-5-13;;/h11H,2-10,14H2,1H3,(H,15,17);2*1H. The van der Waals surface area contributed by atoms with Crippen molar-refractivity contribution in [3.8, 4) is 0 Å². The summed E-state index contributed by atoms with van der Waals surface area (Å²) in [7, 11) is 0. The molecule has 1 aliphatic heterocycles. The van der Waals surface area contributed by atoms with Crippen molar-refractivity contribution in [1.29, 1.82) is 0 Å². The van der Waals surface area contributed by atoms with Crippen LogP contribution in [0.5, 0.6) is 0 Å². The molecule has 3 N–H and O–H groups in total. The fourth-order valence-corrected chi connectivity index (χ4v) is 2.80. The second-order valence-corrected chi connectivity index (χ2v) is 5.57. The molecule has 0 aromatic heterocycles. The molecule has 7 heteroatoms. The minimum absolute atomic E-state index is 0. The van der Waals surface area contributed by atoms with Gasteiger partial charge in [-0.15, -0.1) is 24.8 Å². The molecule has 1 saturated heterocycles. The van der Waals surface area contributed by atoms with E-state index in [1.807, 2.05) is 0 Å². The lowest BCUT2D eigenvalue weighted by molar-refractivity contribution is -0.126. The van der Waals surface area contributed by atoms with Crippen LogP contribution in [0.2, 0.25) is 0 Å². The van der Waals surface area contributed by atoms with Gasteiger partial charge in [-0.3, -0.25) is 9.69 Å². The first-order chi connectivity index (χ1) is 8.62. The zero-order valence-electron chi connectivity index (χ0n) is 12.1. The second-order valence-electron chi connectivity index (χ2n) is 5.57. The lowest BCUT2D eigenvalue weighted by atomic mass is 9.98. The summed E-state index contributed by atoms with van der Waals surface area (Å²) in [5.74, 6) is 0.0279. The average Bonchev–Trinajstić information content (AvgIpc) is 2.85. The third-order valence-corrected chi connectivity index (χ3v) is 4.18. The summed E-state index contributed by atoms with van der Waals surface area (Å²) in [4.78, 5) is 14.4. The number of carbonyl (C=O) groups is 1. The highest BCUT2D eigenvalue weighted by molar-refractivity contribution is 5.86. The van der Waals surface area contributed by atoms with Crippen molar-refractivity contribution in [1.82, 2.24) is 10.2 Å². The van der Waals surface area contributed by atoms with Gasteiger partial charge < -0.3 is 15.8 Å². The summed E-state index contributed by atoms with van der Waals surface area (Å²) >= 11 is 0. The van der Waals surface area contributed by atoms with Crippen LogP contribution < -0.4 is 11.1 Å². The van der Waals surface area contributed by atoms with E-state index >= 15 is 0 Å². The summed E-state index contributed by atoms with van der Waals surface area (Å²) in [6, 6.07) is 0.350. The van der Waals surface area contributed by atoms with E-state index in [0.717, 1.165) is 52.0 Å². The van der Waals surface area contributed by atoms with Crippen LogP contribution in [0, 0.1) is 0 Å². The average molecular weight is 328 g/mol. The SMILES string of the molecule is CC(CNC(=O)C1(N)CCCC1)N1CCOCC1.Cl.Cl. The molecule has 120 valence electrons. The van der Waals surface area contributed by atoms with Gasteiger partial charge in [0, 0.05) is 25.7 Å². The molecule has 0 spiro atoms. The number of carbonyl (C=O) groups excluding carboxylic acids is 1. The minimum Gasteiger partial charge on any atom is -0.379 e. The van der Waals surface area contributed by atoms with Gasteiger partial charge in [-0.05, 0) is 19.8 Å². The third kappa shape index (κ3) is 5.04. The summed E-state index contributed by atoms with van der Waals surface area (Å²) in [5.41, 5.74) is 5.52. The Morgan fingerprint density at radius 1 is 1.30 bits per heavy atom. The fraction of sp³-hybridized carbons (Fsp3) is 0.923. The third-order valence-electron chi connectivity index (χ3n) is 4.18. The maximum absolute atomic E-state index is 12.1. The van der Waals surface area contributed by atoms with E-state index < -0.39 is 5.54 Å². The molecule has 0 aromatic rings. The van der Waals surface area contributed by atoms with Crippen molar-refractivity contribution >= 4 is 30.7 Å². The molecule has 1 unspecified atom stereocenters. The Morgan fingerprint density at radius 2 is 1.85 bits per heavy atom. The Bertz CT molecular complexity index is 293. The molecule has 2 fully saturated rings. The topological polar surface area (TPSA) is 67.6 Å². The molecule has 1 aliphatic carbocycles. The van der Waals surface area contributed by atoms with Crippen molar-refractivity contribution in [2.45, 2.75) is 44.2 Å². The molecule has 1 heterocycles. The van der Waals surface area contributed by atoms with Gasteiger partial charge in [0.25, 0.3) is 0 Å². The first-order valence-corrected chi connectivity index (χ1v) is 7.01. The van der Waals surface area contributed by atoms with E-state index in [0.29, 0.717) is 12.6 Å². The number of nitrogens with zero attached hydrogens (tertiary/aromatic N) is 1. The smallest absolute Gasteiger partial charge is 0.240 e. The predicted molar refractivity (Wildman–Crippen MR) is 84.7 cm³/mol. The Labute approximate surface area is 133 Å². The maximum atomic E-state index is 12.1. The number of rotatable bonds is 4. The molecule has 0 bridgehead atoms. The zero-order chi connectivity index (χ0) is 13.0.